The van der Waals surface area contributed by atoms with E-state index >= 15 is 0 Å². The van der Waals surface area contributed by atoms with Gasteiger partial charge in [-0.05, 0) is 31.7 Å². The van der Waals surface area contributed by atoms with Crippen molar-refractivity contribution in [2.24, 2.45) is 5.84 Å². The second-order valence-electron chi connectivity index (χ2n) is 3.74. The highest BCUT2D eigenvalue weighted by Crippen LogP contribution is 2.34. The normalized spacial score (nSPS) is 10.3. The maximum Gasteiger partial charge on any atom is 0.195 e. The number of hydrazine groups is 1. The number of nitrogen functional groups attached to an aromatic ring is 1. The topological polar surface area (TPSA) is 98.8 Å². The number of rotatable bonds is 4. The Balaban J connectivity index is 2.37. The molecule has 0 bridgehead atoms. The number of nitrogens with two attached hydrogens (primary N) is 1. The van der Waals surface area contributed by atoms with E-state index in [0.717, 1.165) is 11.4 Å². The first-order chi connectivity index (χ1) is 9.13. The van der Waals surface area contributed by atoms with Crippen LogP contribution in [0.2, 0.25) is 0 Å². The average molecular weight is 278 g/mol. The number of anilines is 1. The first-order valence-corrected chi connectivity index (χ1v) is 6.31. The van der Waals surface area contributed by atoms with E-state index in [1.54, 1.807) is 0 Å². The van der Waals surface area contributed by atoms with Crippen LogP contribution in [0.3, 0.4) is 0 Å². The fourth-order valence-electron chi connectivity index (χ4n) is 1.54. The predicted octanol–water partition coefficient (Wildman–Crippen LogP) is 1.33. The van der Waals surface area contributed by atoms with Crippen molar-refractivity contribution in [1.29, 1.82) is 0 Å². The van der Waals surface area contributed by atoms with Crippen LogP contribution in [0, 0.1) is 13.8 Å². The Labute approximate surface area is 115 Å². The zero-order valence-electron chi connectivity index (χ0n) is 10.8. The molecule has 0 aromatic carbocycles. The monoisotopic (exact) mass is 278 g/mol. The Morgan fingerprint density at radius 3 is 2.47 bits per heavy atom. The van der Waals surface area contributed by atoms with Gasteiger partial charge < -0.3 is 10.2 Å². The molecule has 0 aliphatic rings. The summed E-state index contributed by atoms with van der Waals surface area (Å²) in [6.07, 6.45) is 1.41. The highest BCUT2D eigenvalue weighted by molar-refractivity contribution is 7.99. The van der Waals surface area contributed by atoms with E-state index in [1.807, 2.05) is 19.9 Å². The van der Waals surface area contributed by atoms with Gasteiger partial charge in [-0.15, -0.1) is 0 Å². The van der Waals surface area contributed by atoms with Crippen LogP contribution < -0.4 is 16.0 Å². The van der Waals surface area contributed by atoms with Crippen molar-refractivity contribution in [3.05, 3.63) is 23.8 Å². The Morgan fingerprint density at radius 1 is 1.21 bits per heavy atom. The van der Waals surface area contributed by atoms with Crippen molar-refractivity contribution in [3.63, 3.8) is 0 Å². The van der Waals surface area contributed by atoms with E-state index < -0.39 is 0 Å². The average Bonchev–Trinajstić information content (AvgIpc) is 2.37. The van der Waals surface area contributed by atoms with E-state index in [0.29, 0.717) is 21.7 Å². The number of methoxy groups -OCH3 is 1. The van der Waals surface area contributed by atoms with E-state index in [9.17, 15) is 0 Å². The fourth-order valence-corrected chi connectivity index (χ4v) is 2.47. The molecule has 0 aliphatic heterocycles. The van der Waals surface area contributed by atoms with Crippen LogP contribution in [-0.4, -0.2) is 27.0 Å². The Bertz CT molecular complexity index is 571. The Hall–Kier alpha value is -1.93. The van der Waals surface area contributed by atoms with Crippen LogP contribution in [-0.2, 0) is 0 Å². The van der Waals surface area contributed by atoms with E-state index in [4.69, 9.17) is 10.6 Å². The second-order valence-corrected chi connectivity index (χ2v) is 4.70. The van der Waals surface area contributed by atoms with Crippen LogP contribution >= 0.6 is 11.8 Å². The first-order valence-electron chi connectivity index (χ1n) is 5.49. The van der Waals surface area contributed by atoms with Crippen molar-refractivity contribution >= 4 is 17.6 Å². The quantitative estimate of drug-likeness (QED) is 0.374. The molecule has 0 spiro atoms. The molecule has 0 atom stereocenters. The highest BCUT2D eigenvalue weighted by atomic mass is 32.2. The van der Waals surface area contributed by atoms with Gasteiger partial charge in [0.2, 0.25) is 0 Å². The number of ether oxygens (including phenoxy) is 1. The molecule has 0 radical (unpaired) electrons. The summed E-state index contributed by atoms with van der Waals surface area (Å²) in [4.78, 5) is 16.8. The molecule has 2 aromatic rings. The highest BCUT2D eigenvalue weighted by Gasteiger charge is 2.14. The molecule has 8 heteroatoms. The first kappa shape index (κ1) is 13.5. The summed E-state index contributed by atoms with van der Waals surface area (Å²) in [6.45, 7) is 3.84. The number of hydrogen-bond acceptors (Lipinski definition) is 8. The molecule has 7 nitrogen and oxygen atoms in total. The second kappa shape index (κ2) is 5.81. The summed E-state index contributed by atoms with van der Waals surface area (Å²) < 4.78 is 5.26. The molecule has 2 aromatic heterocycles. The molecule has 2 heterocycles. The van der Waals surface area contributed by atoms with Crippen molar-refractivity contribution < 1.29 is 4.74 Å². The van der Waals surface area contributed by atoms with Gasteiger partial charge in [0, 0.05) is 11.4 Å². The molecule has 2 rings (SSSR count). The minimum atomic E-state index is 0.421. The minimum Gasteiger partial charge on any atom is -0.490 e. The molecule has 0 amide bonds. The van der Waals surface area contributed by atoms with Gasteiger partial charge in [0.1, 0.15) is 6.33 Å². The Morgan fingerprint density at radius 2 is 1.89 bits per heavy atom. The van der Waals surface area contributed by atoms with Gasteiger partial charge in [-0.3, -0.25) is 0 Å². The lowest BCUT2D eigenvalue weighted by atomic mass is 10.4. The summed E-state index contributed by atoms with van der Waals surface area (Å²) in [6, 6.07) is 1.91. The van der Waals surface area contributed by atoms with E-state index in [2.05, 4.69) is 25.4 Å². The molecule has 0 unspecified atom stereocenters. The minimum absolute atomic E-state index is 0.421. The third-order valence-corrected chi connectivity index (χ3v) is 3.11. The van der Waals surface area contributed by atoms with E-state index in [-0.39, 0.29) is 0 Å². The molecule has 3 N–H and O–H groups in total. The van der Waals surface area contributed by atoms with Gasteiger partial charge in [0.15, 0.2) is 21.7 Å². The van der Waals surface area contributed by atoms with Crippen LogP contribution in [0.4, 0.5) is 5.82 Å². The van der Waals surface area contributed by atoms with Crippen molar-refractivity contribution in [3.8, 4) is 5.75 Å². The number of hydrogen-bond donors (Lipinski definition) is 2. The van der Waals surface area contributed by atoms with Crippen LogP contribution in [0.15, 0.2) is 22.6 Å². The summed E-state index contributed by atoms with van der Waals surface area (Å²) in [5, 5.41) is 1.22. The van der Waals surface area contributed by atoms with Gasteiger partial charge in [0.05, 0.1) is 7.11 Å². The Kier molecular flexibility index (Phi) is 4.13. The molecule has 0 saturated carbocycles. The molecule has 19 heavy (non-hydrogen) atoms. The zero-order valence-corrected chi connectivity index (χ0v) is 11.7. The number of nitrogens with one attached hydrogen (secondary N) is 1. The lowest BCUT2D eigenvalue weighted by Crippen LogP contribution is -2.11. The largest absolute Gasteiger partial charge is 0.490 e. The van der Waals surface area contributed by atoms with Gasteiger partial charge in [-0.25, -0.2) is 25.8 Å². The van der Waals surface area contributed by atoms with Gasteiger partial charge in [-0.1, -0.05) is 0 Å². The number of aromatic nitrogens is 4. The number of nitrogens with zero attached hydrogens (tertiary/aromatic N) is 4. The van der Waals surface area contributed by atoms with Crippen LogP contribution in [0.25, 0.3) is 0 Å². The third kappa shape index (κ3) is 3.09. The molecule has 0 fully saturated rings. The standard InChI is InChI=1S/C11H14N6OS/c1-6-4-7(2)16-11(15-6)19-10-8(18-3)9(17-12)13-5-14-10/h4-5H,12H2,1-3H3,(H,13,14,17). The smallest absolute Gasteiger partial charge is 0.195 e. The van der Waals surface area contributed by atoms with Gasteiger partial charge in [0.25, 0.3) is 0 Å². The summed E-state index contributed by atoms with van der Waals surface area (Å²) >= 11 is 1.30. The zero-order chi connectivity index (χ0) is 13.8. The van der Waals surface area contributed by atoms with Gasteiger partial charge in [-0.2, -0.15) is 0 Å². The molecule has 100 valence electrons. The lowest BCUT2D eigenvalue weighted by Gasteiger charge is -2.10. The summed E-state index contributed by atoms with van der Waals surface area (Å²) in [7, 11) is 1.53. The summed E-state index contributed by atoms with van der Waals surface area (Å²) in [5.41, 5.74) is 4.27. The SMILES string of the molecule is COc1c(NN)ncnc1Sc1nc(C)cc(C)n1. The van der Waals surface area contributed by atoms with Crippen molar-refractivity contribution in [2.45, 2.75) is 24.0 Å². The summed E-state index contributed by atoms with van der Waals surface area (Å²) in [5.74, 6) is 6.27. The van der Waals surface area contributed by atoms with Crippen LogP contribution in [0.5, 0.6) is 5.75 Å². The number of aryl methyl sites for hydroxylation is 2. The molecule has 0 saturated heterocycles. The van der Waals surface area contributed by atoms with Crippen molar-refractivity contribution in [1.82, 2.24) is 19.9 Å². The lowest BCUT2D eigenvalue weighted by molar-refractivity contribution is 0.400. The van der Waals surface area contributed by atoms with Crippen molar-refractivity contribution in [2.75, 3.05) is 12.5 Å². The van der Waals surface area contributed by atoms with E-state index in [1.165, 1.54) is 25.2 Å². The molecular formula is C11H14N6OS. The predicted molar refractivity (Wildman–Crippen MR) is 72.0 cm³/mol. The van der Waals surface area contributed by atoms with Crippen LogP contribution in [0.1, 0.15) is 11.4 Å². The fraction of sp³-hybridized carbons (Fsp3) is 0.273. The molecular weight excluding hydrogens is 264 g/mol. The third-order valence-electron chi connectivity index (χ3n) is 2.26. The van der Waals surface area contributed by atoms with Gasteiger partial charge >= 0.3 is 0 Å². The molecule has 0 aliphatic carbocycles. The maximum absolute atomic E-state index is 5.38. The maximum atomic E-state index is 5.38.